The summed E-state index contributed by atoms with van der Waals surface area (Å²) < 4.78 is 0. The number of unbranched alkanes of at least 4 members (excludes halogenated alkanes) is 15. The highest BCUT2D eigenvalue weighted by Crippen LogP contribution is 2.21. The van der Waals surface area contributed by atoms with Gasteiger partial charge in [0.05, 0.1) is 18.5 Å². The van der Waals surface area contributed by atoms with Crippen LogP contribution in [-0.2, 0) is 0 Å². The third kappa shape index (κ3) is 13.3. The minimum atomic E-state index is -0.172. The van der Waals surface area contributed by atoms with Crippen molar-refractivity contribution >= 4 is 5.84 Å². The Labute approximate surface area is 223 Å². The summed E-state index contributed by atoms with van der Waals surface area (Å²) in [6.45, 7) is 6.98. The van der Waals surface area contributed by atoms with Crippen LogP contribution in [-0.4, -0.2) is 78.8 Å². The molecule has 0 fully saturated rings. The van der Waals surface area contributed by atoms with E-state index in [9.17, 15) is 5.11 Å². The van der Waals surface area contributed by atoms with Gasteiger partial charge in [0.25, 0.3) is 0 Å². The van der Waals surface area contributed by atoms with Crippen LogP contribution in [0.4, 0.5) is 0 Å². The number of aliphatic hydroxyl groups excluding tert-OH is 1. The van der Waals surface area contributed by atoms with Crippen LogP contribution in [0.2, 0.25) is 0 Å². The summed E-state index contributed by atoms with van der Waals surface area (Å²) in [5, 5.41) is 13.7. The van der Waals surface area contributed by atoms with Crippen LogP contribution in [0.1, 0.15) is 122 Å². The number of aliphatic hydroxyl groups is 1. The average Bonchev–Trinajstić information content (AvgIpc) is 3.24. The first-order chi connectivity index (χ1) is 17.6. The van der Waals surface area contributed by atoms with E-state index in [0.29, 0.717) is 0 Å². The van der Waals surface area contributed by atoms with Crippen LogP contribution < -0.4 is 5.32 Å². The number of amidine groups is 1. The van der Waals surface area contributed by atoms with Crippen molar-refractivity contribution in [2.24, 2.45) is 4.99 Å². The van der Waals surface area contributed by atoms with E-state index in [1.54, 1.807) is 0 Å². The molecule has 0 saturated carbocycles. The second-order valence-electron chi connectivity index (χ2n) is 11.3. The maximum atomic E-state index is 10.2. The number of nitrogens with one attached hydrogen (secondary N) is 1. The average molecular weight is 506 g/mol. The van der Waals surface area contributed by atoms with Gasteiger partial charge in [-0.05, 0) is 25.8 Å². The van der Waals surface area contributed by atoms with E-state index in [-0.39, 0.29) is 6.10 Å². The molecule has 0 amide bonds. The molecule has 0 aromatic carbocycles. The summed E-state index contributed by atoms with van der Waals surface area (Å²) in [6.07, 6.45) is 25.8. The molecule has 0 aliphatic carbocycles. The molecular formula is C30H59N5O. The van der Waals surface area contributed by atoms with Crippen molar-refractivity contribution in [1.82, 2.24) is 20.0 Å². The van der Waals surface area contributed by atoms with Crippen LogP contribution in [0.15, 0.2) is 16.9 Å². The molecule has 0 radical (unpaired) electrons. The van der Waals surface area contributed by atoms with Gasteiger partial charge in [-0.1, -0.05) is 103 Å². The fraction of sp³-hybridized carbons (Fsp3) is 0.900. The first-order valence-corrected chi connectivity index (χ1v) is 15.4. The van der Waals surface area contributed by atoms with E-state index in [2.05, 4.69) is 52.2 Å². The minimum absolute atomic E-state index is 0.172. The molecule has 0 aromatic heterocycles. The monoisotopic (exact) mass is 505 g/mol. The molecule has 2 N–H and O–H groups in total. The summed E-state index contributed by atoms with van der Waals surface area (Å²) in [6, 6.07) is 0. The van der Waals surface area contributed by atoms with E-state index in [0.717, 1.165) is 51.6 Å². The number of hydrogen-bond donors (Lipinski definition) is 2. The normalized spacial score (nSPS) is 16.4. The number of rotatable bonds is 23. The van der Waals surface area contributed by atoms with Crippen molar-refractivity contribution in [1.29, 1.82) is 0 Å². The van der Waals surface area contributed by atoms with E-state index in [1.807, 2.05) is 0 Å². The van der Waals surface area contributed by atoms with Gasteiger partial charge in [-0.15, -0.1) is 0 Å². The number of hydrogen-bond acceptors (Lipinski definition) is 6. The zero-order chi connectivity index (χ0) is 25.8. The number of nitrogens with zero attached hydrogens (tertiary/aromatic N) is 4. The maximum absolute atomic E-state index is 10.2. The highest BCUT2D eigenvalue weighted by molar-refractivity contribution is 5.99. The molecular weight excluding hydrogens is 446 g/mol. The number of likely N-dealkylation sites (N-methyl/N-ethyl adjacent to an activating group) is 2. The van der Waals surface area contributed by atoms with E-state index in [4.69, 9.17) is 0 Å². The third-order valence-electron chi connectivity index (χ3n) is 7.70. The Morgan fingerprint density at radius 3 is 2.06 bits per heavy atom. The highest BCUT2D eigenvalue weighted by Gasteiger charge is 2.27. The van der Waals surface area contributed by atoms with Crippen molar-refractivity contribution in [3.8, 4) is 0 Å². The lowest BCUT2D eigenvalue weighted by atomic mass is 10.1. The van der Waals surface area contributed by atoms with Gasteiger partial charge >= 0.3 is 0 Å². The van der Waals surface area contributed by atoms with Crippen LogP contribution in [0.5, 0.6) is 0 Å². The molecule has 1 atom stereocenters. The molecule has 0 bridgehead atoms. The fourth-order valence-electron chi connectivity index (χ4n) is 5.35. The molecule has 2 aliphatic heterocycles. The highest BCUT2D eigenvalue weighted by atomic mass is 16.3. The summed E-state index contributed by atoms with van der Waals surface area (Å²) in [5.74, 6) is 1.14. The lowest BCUT2D eigenvalue weighted by Crippen LogP contribution is -2.43. The first kappa shape index (κ1) is 31.0. The van der Waals surface area contributed by atoms with Gasteiger partial charge in [0, 0.05) is 33.4 Å². The van der Waals surface area contributed by atoms with Gasteiger partial charge in [0.15, 0.2) is 5.84 Å². The summed E-state index contributed by atoms with van der Waals surface area (Å²) in [7, 11) is 4.26. The largest absolute Gasteiger partial charge is 0.392 e. The Kier molecular flexibility index (Phi) is 17.0. The topological polar surface area (TPSA) is 54.3 Å². The van der Waals surface area contributed by atoms with Gasteiger partial charge in [-0.2, -0.15) is 0 Å². The Hall–Kier alpha value is -1.27. The van der Waals surface area contributed by atoms with Crippen LogP contribution in [0, 0.1) is 0 Å². The van der Waals surface area contributed by atoms with E-state index < -0.39 is 0 Å². The lowest BCUT2D eigenvalue weighted by Gasteiger charge is -2.34. The summed E-state index contributed by atoms with van der Waals surface area (Å²) in [5.41, 5.74) is 1.26. The molecule has 2 aliphatic rings. The van der Waals surface area contributed by atoms with E-state index >= 15 is 0 Å². The predicted octanol–water partition coefficient (Wildman–Crippen LogP) is 6.33. The zero-order valence-corrected chi connectivity index (χ0v) is 24.2. The SMILES string of the molecule is CCCCCCCCCCCCNCC(O)CCCCCCCCCN1C=C2C(=NCN2C)N(C)C1. The second-order valence-corrected chi connectivity index (χ2v) is 11.3. The molecule has 2 rings (SSSR count). The predicted molar refractivity (Wildman–Crippen MR) is 155 cm³/mol. The lowest BCUT2D eigenvalue weighted by molar-refractivity contribution is 0.158. The summed E-state index contributed by atoms with van der Waals surface area (Å²) in [4.78, 5) is 11.5. The van der Waals surface area contributed by atoms with Gasteiger partial charge in [-0.25, -0.2) is 4.99 Å². The number of fused-ring (bicyclic) bond motifs is 1. The minimum Gasteiger partial charge on any atom is -0.392 e. The third-order valence-corrected chi connectivity index (χ3v) is 7.70. The van der Waals surface area contributed by atoms with Crippen molar-refractivity contribution in [3.05, 3.63) is 11.9 Å². The standard InChI is InChI=1S/C30H59N5O/c1-4-5-6-7-8-9-10-13-16-19-22-31-24-28(36)21-18-15-12-11-14-17-20-23-35-25-29-30(34(3)27-35)32-26-33(29)2/h25,28,31,36H,4-24,26-27H2,1-3H3. The Bertz CT molecular complexity index is 608. The smallest absolute Gasteiger partial charge is 0.152 e. The van der Waals surface area contributed by atoms with Gasteiger partial charge in [0.2, 0.25) is 0 Å². The van der Waals surface area contributed by atoms with E-state index in [1.165, 1.54) is 108 Å². The van der Waals surface area contributed by atoms with Crippen molar-refractivity contribution in [3.63, 3.8) is 0 Å². The van der Waals surface area contributed by atoms with Gasteiger partial charge < -0.3 is 25.1 Å². The molecule has 0 spiro atoms. The van der Waals surface area contributed by atoms with Crippen molar-refractivity contribution in [2.75, 3.05) is 47.1 Å². The maximum Gasteiger partial charge on any atom is 0.152 e. The van der Waals surface area contributed by atoms with Crippen molar-refractivity contribution in [2.45, 2.75) is 129 Å². The molecule has 210 valence electrons. The Morgan fingerprint density at radius 1 is 0.806 bits per heavy atom. The van der Waals surface area contributed by atoms with Crippen LogP contribution >= 0.6 is 0 Å². The van der Waals surface area contributed by atoms with Crippen LogP contribution in [0.25, 0.3) is 0 Å². The number of aliphatic imine (C=N–C) groups is 1. The van der Waals surface area contributed by atoms with Crippen molar-refractivity contribution < 1.29 is 5.11 Å². The molecule has 2 heterocycles. The second kappa shape index (κ2) is 19.8. The van der Waals surface area contributed by atoms with Gasteiger partial charge in [0.1, 0.15) is 6.67 Å². The zero-order valence-electron chi connectivity index (χ0n) is 24.2. The molecule has 0 aromatic rings. The van der Waals surface area contributed by atoms with Gasteiger partial charge in [-0.3, -0.25) is 0 Å². The molecule has 0 saturated heterocycles. The quantitative estimate of drug-likeness (QED) is 0.159. The molecule has 6 nitrogen and oxygen atoms in total. The molecule has 6 heteroatoms. The molecule has 36 heavy (non-hydrogen) atoms. The summed E-state index contributed by atoms with van der Waals surface area (Å²) >= 11 is 0. The molecule has 1 unspecified atom stereocenters. The van der Waals surface area contributed by atoms with Crippen LogP contribution in [0.3, 0.4) is 0 Å². The first-order valence-electron chi connectivity index (χ1n) is 15.4. The Morgan fingerprint density at radius 2 is 1.39 bits per heavy atom. The Balaban J connectivity index is 1.30. The fourth-order valence-corrected chi connectivity index (χ4v) is 5.35.